The highest BCUT2D eigenvalue weighted by Gasteiger charge is 2.20. The van der Waals surface area contributed by atoms with Gasteiger partial charge in [0.05, 0.1) is 32.7 Å². The molecular formula is C23H29N3O4. The first-order valence-electron chi connectivity index (χ1n) is 10.3. The van der Waals surface area contributed by atoms with Crippen molar-refractivity contribution in [1.82, 2.24) is 10.1 Å². The molecule has 4 rings (SSSR count). The van der Waals surface area contributed by atoms with Crippen molar-refractivity contribution in [3.8, 4) is 17.2 Å². The highest BCUT2D eigenvalue weighted by Crippen LogP contribution is 2.34. The predicted octanol–water partition coefficient (Wildman–Crippen LogP) is 3.61. The highest BCUT2D eigenvalue weighted by atomic mass is 16.5. The maximum Gasteiger partial charge on any atom is 0.171 e. The SMILES string of the molecule is COc1cc2onc(CCCN3CCN(c4ccccc4OC)CC3)c2cc1OC. The van der Waals surface area contributed by atoms with Gasteiger partial charge < -0.3 is 23.6 Å². The van der Waals surface area contributed by atoms with Gasteiger partial charge in [-0.2, -0.15) is 0 Å². The molecule has 3 aromatic rings. The average molecular weight is 412 g/mol. The van der Waals surface area contributed by atoms with E-state index in [4.69, 9.17) is 18.7 Å². The summed E-state index contributed by atoms with van der Waals surface area (Å²) in [5.41, 5.74) is 2.88. The molecule has 1 aliphatic heterocycles. The van der Waals surface area contributed by atoms with Gasteiger partial charge in [-0.05, 0) is 37.6 Å². The molecule has 7 heteroatoms. The summed E-state index contributed by atoms with van der Waals surface area (Å²) < 4.78 is 21.8. The van der Waals surface area contributed by atoms with Gasteiger partial charge >= 0.3 is 0 Å². The number of rotatable bonds is 8. The first-order chi connectivity index (χ1) is 14.7. The Bertz CT molecular complexity index is 980. The second-order valence-electron chi connectivity index (χ2n) is 7.44. The van der Waals surface area contributed by atoms with Crippen LogP contribution in [0.4, 0.5) is 5.69 Å². The van der Waals surface area contributed by atoms with Crippen LogP contribution in [0.3, 0.4) is 0 Å². The van der Waals surface area contributed by atoms with E-state index in [1.54, 1.807) is 21.3 Å². The monoisotopic (exact) mass is 411 g/mol. The lowest BCUT2D eigenvalue weighted by Gasteiger charge is -2.36. The topological polar surface area (TPSA) is 60.2 Å². The van der Waals surface area contributed by atoms with Crippen molar-refractivity contribution in [3.05, 3.63) is 42.1 Å². The molecular weight excluding hydrogens is 382 g/mol. The van der Waals surface area contributed by atoms with Gasteiger partial charge in [-0.15, -0.1) is 0 Å². The summed E-state index contributed by atoms with van der Waals surface area (Å²) in [4.78, 5) is 4.91. The molecule has 1 fully saturated rings. The van der Waals surface area contributed by atoms with Crippen LogP contribution in [0.1, 0.15) is 12.1 Å². The van der Waals surface area contributed by atoms with Crippen LogP contribution in [0.5, 0.6) is 17.2 Å². The first kappa shape index (κ1) is 20.3. The lowest BCUT2D eigenvalue weighted by Crippen LogP contribution is -2.46. The molecule has 0 atom stereocenters. The molecule has 1 aromatic heterocycles. The molecule has 0 amide bonds. The standard InChI is InChI=1S/C23H29N3O4/c1-27-20-9-5-4-8-19(20)26-13-11-25(12-14-26)10-6-7-18-17-15-22(28-2)23(29-3)16-21(17)30-24-18/h4-5,8-9,15-16H,6-7,10-14H2,1-3H3. The Hall–Kier alpha value is -2.93. The van der Waals surface area contributed by atoms with Gasteiger partial charge in [0.2, 0.25) is 0 Å². The predicted molar refractivity (Wildman–Crippen MR) is 117 cm³/mol. The van der Waals surface area contributed by atoms with Gasteiger partial charge in [-0.1, -0.05) is 17.3 Å². The van der Waals surface area contributed by atoms with Crippen molar-refractivity contribution in [3.63, 3.8) is 0 Å². The van der Waals surface area contributed by atoms with E-state index in [-0.39, 0.29) is 0 Å². The molecule has 1 aliphatic rings. The zero-order chi connectivity index (χ0) is 20.9. The van der Waals surface area contributed by atoms with E-state index in [9.17, 15) is 0 Å². The minimum Gasteiger partial charge on any atom is -0.495 e. The number of hydrogen-bond acceptors (Lipinski definition) is 7. The molecule has 160 valence electrons. The number of methoxy groups -OCH3 is 3. The molecule has 0 radical (unpaired) electrons. The minimum atomic E-state index is 0.653. The van der Waals surface area contributed by atoms with Crippen LogP contribution in [-0.4, -0.2) is 64.1 Å². The van der Waals surface area contributed by atoms with E-state index < -0.39 is 0 Å². The molecule has 7 nitrogen and oxygen atoms in total. The fourth-order valence-corrected chi connectivity index (χ4v) is 4.07. The fourth-order valence-electron chi connectivity index (χ4n) is 4.07. The Labute approximate surface area is 177 Å². The number of ether oxygens (including phenoxy) is 3. The van der Waals surface area contributed by atoms with Gasteiger partial charge in [-0.3, -0.25) is 4.90 Å². The number of anilines is 1. The molecule has 0 saturated carbocycles. The number of aromatic nitrogens is 1. The molecule has 0 bridgehead atoms. The van der Waals surface area contributed by atoms with Crippen LogP contribution in [0.15, 0.2) is 40.9 Å². The summed E-state index contributed by atoms with van der Waals surface area (Å²) in [7, 11) is 4.99. The largest absolute Gasteiger partial charge is 0.495 e. The van der Waals surface area contributed by atoms with Crippen LogP contribution < -0.4 is 19.1 Å². The molecule has 1 saturated heterocycles. The molecule has 0 unspecified atom stereocenters. The van der Waals surface area contributed by atoms with E-state index in [2.05, 4.69) is 27.1 Å². The quantitative estimate of drug-likeness (QED) is 0.561. The van der Waals surface area contributed by atoms with Crippen LogP contribution in [0.2, 0.25) is 0 Å². The number of para-hydroxylation sites is 2. The van der Waals surface area contributed by atoms with Crippen LogP contribution in [-0.2, 0) is 6.42 Å². The fraction of sp³-hybridized carbons (Fsp3) is 0.435. The molecule has 30 heavy (non-hydrogen) atoms. The first-order valence-corrected chi connectivity index (χ1v) is 10.3. The summed E-state index contributed by atoms with van der Waals surface area (Å²) >= 11 is 0. The average Bonchev–Trinajstić information content (AvgIpc) is 3.20. The van der Waals surface area contributed by atoms with Crippen molar-refractivity contribution in [2.75, 3.05) is 59.0 Å². The summed E-state index contributed by atoms with van der Waals surface area (Å²) in [5.74, 6) is 2.29. The molecule has 0 spiro atoms. The Morgan fingerprint density at radius 1 is 0.900 bits per heavy atom. The van der Waals surface area contributed by atoms with Gasteiger partial charge in [0.15, 0.2) is 17.1 Å². The Balaban J connectivity index is 1.31. The Kier molecular flexibility index (Phi) is 6.28. The van der Waals surface area contributed by atoms with Crippen LogP contribution in [0, 0.1) is 0 Å². The summed E-state index contributed by atoms with van der Waals surface area (Å²) in [6, 6.07) is 12.0. The zero-order valence-electron chi connectivity index (χ0n) is 17.9. The number of benzene rings is 2. The van der Waals surface area contributed by atoms with Crippen LogP contribution >= 0.6 is 0 Å². The third-order valence-corrected chi connectivity index (χ3v) is 5.74. The van der Waals surface area contributed by atoms with E-state index in [1.807, 2.05) is 24.3 Å². The lowest BCUT2D eigenvalue weighted by atomic mass is 10.1. The van der Waals surface area contributed by atoms with Crippen molar-refractivity contribution >= 4 is 16.7 Å². The smallest absolute Gasteiger partial charge is 0.171 e. The third-order valence-electron chi connectivity index (χ3n) is 5.74. The normalized spacial score (nSPS) is 14.8. The van der Waals surface area contributed by atoms with E-state index >= 15 is 0 Å². The highest BCUT2D eigenvalue weighted by molar-refractivity contribution is 5.83. The maximum atomic E-state index is 5.51. The van der Waals surface area contributed by atoms with Crippen molar-refractivity contribution in [1.29, 1.82) is 0 Å². The number of aryl methyl sites for hydroxylation is 1. The summed E-state index contributed by atoms with van der Waals surface area (Å²) in [6.45, 7) is 5.14. The zero-order valence-corrected chi connectivity index (χ0v) is 17.9. The molecule has 2 heterocycles. The van der Waals surface area contributed by atoms with Gasteiger partial charge in [-0.25, -0.2) is 0 Å². The van der Waals surface area contributed by atoms with E-state index in [0.717, 1.165) is 68.0 Å². The molecule has 0 N–H and O–H groups in total. The number of piperazine rings is 1. The van der Waals surface area contributed by atoms with Crippen molar-refractivity contribution in [2.45, 2.75) is 12.8 Å². The number of nitrogens with zero attached hydrogens (tertiary/aromatic N) is 3. The van der Waals surface area contributed by atoms with Crippen LogP contribution in [0.25, 0.3) is 11.0 Å². The second kappa shape index (κ2) is 9.26. The Morgan fingerprint density at radius 2 is 1.60 bits per heavy atom. The third kappa shape index (κ3) is 4.16. The number of hydrogen-bond donors (Lipinski definition) is 0. The van der Waals surface area contributed by atoms with Gasteiger partial charge in [0, 0.05) is 37.6 Å². The Morgan fingerprint density at radius 3 is 2.33 bits per heavy atom. The van der Waals surface area contributed by atoms with E-state index in [1.165, 1.54) is 5.69 Å². The van der Waals surface area contributed by atoms with Crippen molar-refractivity contribution in [2.24, 2.45) is 0 Å². The minimum absolute atomic E-state index is 0.653. The number of fused-ring (bicyclic) bond motifs is 1. The van der Waals surface area contributed by atoms with Gasteiger partial charge in [0.1, 0.15) is 5.75 Å². The lowest BCUT2D eigenvalue weighted by molar-refractivity contribution is 0.253. The maximum absolute atomic E-state index is 5.51. The molecule has 0 aliphatic carbocycles. The van der Waals surface area contributed by atoms with Crippen molar-refractivity contribution < 1.29 is 18.7 Å². The second-order valence-corrected chi connectivity index (χ2v) is 7.44. The summed E-state index contributed by atoms with van der Waals surface area (Å²) in [5, 5.41) is 5.27. The summed E-state index contributed by atoms with van der Waals surface area (Å²) in [6.07, 6.45) is 1.90. The van der Waals surface area contributed by atoms with E-state index in [0.29, 0.717) is 11.5 Å². The molecule has 2 aromatic carbocycles. The van der Waals surface area contributed by atoms with Gasteiger partial charge in [0.25, 0.3) is 0 Å².